The normalized spacial score (nSPS) is 10.9. The fourth-order valence-electron chi connectivity index (χ4n) is 2.71. The average Bonchev–Trinajstić information content (AvgIpc) is 2.68. The Hall–Kier alpha value is -3.21. The van der Waals surface area contributed by atoms with E-state index < -0.39 is 0 Å². The zero-order chi connectivity index (χ0) is 16.9. The van der Waals surface area contributed by atoms with E-state index in [1.54, 1.807) is 12.4 Å². The molecule has 0 unspecified atom stereocenters. The van der Waals surface area contributed by atoms with Crippen LogP contribution in [-0.4, -0.2) is 28.1 Å². The summed E-state index contributed by atoms with van der Waals surface area (Å²) in [7, 11) is 0. The summed E-state index contributed by atoms with van der Waals surface area (Å²) in [4.78, 5) is 13.3. The molecule has 0 bridgehead atoms. The predicted octanol–water partition coefficient (Wildman–Crippen LogP) is 4.06. The molecule has 0 spiro atoms. The highest BCUT2D eigenvalue weighted by Crippen LogP contribution is 2.22. The second-order valence-electron chi connectivity index (χ2n) is 5.70. The van der Waals surface area contributed by atoms with Gasteiger partial charge in [-0.25, -0.2) is 4.98 Å². The smallest absolute Gasteiger partial charge is 0.145 e. The van der Waals surface area contributed by atoms with Gasteiger partial charge >= 0.3 is 0 Å². The number of aromatic nitrogens is 3. The quantitative estimate of drug-likeness (QED) is 0.540. The van der Waals surface area contributed by atoms with Crippen molar-refractivity contribution in [2.45, 2.75) is 6.42 Å². The van der Waals surface area contributed by atoms with Gasteiger partial charge in [0.15, 0.2) is 0 Å². The number of benzene rings is 2. The first kappa shape index (κ1) is 15.3. The molecule has 0 fully saturated rings. The highest BCUT2D eigenvalue weighted by Gasteiger charge is 2.03. The van der Waals surface area contributed by atoms with E-state index in [0.717, 1.165) is 46.5 Å². The Bertz CT molecular complexity index is 997. The van der Waals surface area contributed by atoms with Crippen molar-refractivity contribution in [3.05, 3.63) is 67.0 Å². The van der Waals surface area contributed by atoms with E-state index in [1.165, 1.54) is 0 Å². The molecule has 2 aromatic carbocycles. The minimum Gasteiger partial charge on any atom is -0.491 e. The van der Waals surface area contributed by atoms with Crippen LogP contribution < -0.4 is 10.1 Å². The van der Waals surface area contributed by atoms with Crippen LogP contribution in [0.2, 0.25) is 0 Å². The van der Waals surface area contributed by atoms with Crippen molar-refractivity contribution in [2.24, 2.45) is 0 Å². The first-order chi connectivity index (χ1) is 12.4. The van der Waals surface area contributed by atoms with Gasteiger partial charge in [0, 0.05) is 18.1 Å². The number of hydrogen-bond acceptors (Lipinski definition) is 5. The molecule has 25 heavy (non-hydrogen) atoms. The van der Waals surface area contributed by atoms with E-state index in [0.29, 0.717) is 6.61 Å². The molecule has 0 aliphatic carbocycles. The number of para-hydroxylation sites is 3. The lowest BCUT2D eigenvalue weighted by atomic mass is 10.2. The van der Waals surface area contributed by atoms with Crippen molar-refractivity contribution in [3.63, 3.8) is 0 Å². The Morgan fingerprint density at radius 2 is 1.76 bits per heavy atom. The molecule has 0 saturated carbocycles. The first-order valence-corrected chi connectivity index (χ1v) is 8.32. The maximum Gasteiger partial charge on any atom is 0.145 e. The van der Waals surface area contributed by atoms with Crippen molar-refractivity contribution in [2.75, 3.05) is 18.5 Å². The van der Waals surface area contributed by atoms with Crippen LogP contribution in [0.15, 0.2) is 67.0 Å². The third kappa shape index (κ3) is 3.50. The molecular formula is C20H18N4O. The van der Waals surface area contributed by atoms with Crippen LogP contribution in [0.5, 0.6) is 5.75 Å². The van der Waals surface area contributed by atoms with Crippen LogP contribution in [0, 0.1) is 0 Å². The third-order valence-electron chi connectivity index (χ3n) is 3.93. The largest absolute Gasteiger partial charge is 0.491 e. The van der Waals surface area contributed by atoms with E-state index in [9.17, 15) is 0 Å². The molecule has 5 heteroatoms. The minimum absolute atomic E-state index is 0.615. The van der Waals surface area contributed by atoms with Crippen molar-refractivity contribution < 1.29 is 4.74 Å². The number of ether oxygens (including phenoxy) is 1. The standard InChI is InChI=1S/C20H18N4O/c1-2-9-17-16(8-1)23-14-19(24-17)21-12-5-13-25-18-10-3-6-15-7-4-11-22-20(15)18/h1-4,6-11,14H,5,12-13H2,(H,21,24). The van der Waals surface area contributed by atoms with Crippen LogP contribution in [0.25, 0.3) is 21.9 Å². The molecule has 0 amide bonds. The van der Waals surface area contributed by atoms with Crippen molar-refractivity contribution in [3.8, 4) is 5.75 Å². The van der Waals surface area contributed by atoms with Crippen LogP contribution in [-0.2, 0) is 0 Å². The van der Waals surface area contributed by atoms with Gasteiger partial charge in [-0.2, -0.15) is 0 Å². The van der Waals surface area contributed by atoms with Crippen molar-refractivity contribution in [1.29, 1.82) is 0 Å². The zero-order valence-corrected chi connectivity index (χ0v) is 13.7. The van der Waals surface area contributed by atoms with E-state index in [-0.39, 0.29) is 0 Å². The van der Waals surface area contributed by atoms with Crippen LogP contribution >= 0.6 is 0 Å². The average molecular weight is 330 g/mol. The highest BCUT2D eigenvalue weighted by atomic mass is 16.5. The van der Waals surface area contributed by atoms with Crippen molar-refractivity contribution in [1.82, 2.24) is 15.0 Å². The Kier molecular flexibility index (Phi) is 4.37. The topological polar surface area (TPSA) is 59.9 Å². The van der Waals surface area contributed by atoms with Crippen LogP contribution in [0.4, 0.5) is 5.82 Å². The summed E-state index contributed by atoms with van der Waals surface area (Å²) in [5, 5.41) is 4.38. The fourth-order valence-corrected chi connectivity index (χ4v) is 2.71. The summed E-state index contributed by atoms with van der Waals surface area (Å²) in [5.41, 5.74) is 2.70. The number of hydrogen-bond donors (Lipinski definition) is 1. The molecule has 0 atom stereocenters. The molecule has 0 aliphatic rings. The van der Waals surface area contributed by atoms with Crippen LogP contribution in [0.3, 0.4) is 0 Å². The Balaban J connectivity index is 1.31. The Morgan fingerprint density at radius 3 is 2.72 bits per heavy atom. The maximum atomic E-state index is 5.89. The lowest BCUT2D eigenvalue weighted by Crippen LogP contribution is -2.08. The van der Waals surface area contributed by atoms with Gasteiger partial charge in [0.25, 0.3) is 0 Å². The zero-order valence-electron chi connectivity index (χ0n) is 13.7. The number of anilines is 1. The number of pyridine rings is 1. The molecule has 2 heterocycles. The molecule has 5 nitrogen and oxygen atoms in total. The monoisotopic (exact) mass is 330 g/mol. The summed E-state index contributed by atoms with van der Waals surface area (Å²) in [6.07, 6.45) is 4.41. The van der Waals surface area contributed by atoms with Crippen molar-refractivity contribution >= 4 is 27.8 Å². The SMILES string of the molecule is c1cnc2c(OCCCNc3cnc4ccccc4n3)cccc2c1. The van der Waals surface area contributed by atoms with Gasteiger partial charge in [-0.15, -0.1) is 0 Å². The van der Waals surface area contributed by atoms with E-state index in [2.05, 4.69) is 20.3 Å². The molecule has 4 rings (SSSR count). The van der Waals surface area contributed by atoms with Gasteiger partial charge in [0.2, 0.25) is 0 Å². The number of nitrogens with one attached hydrogen (secondary N) is 1. The molecule has 4 aromatic rings. The number of fused-ring (bicyclic) bond motifs is 2. The number of rotatable bonds is 6. The summed E-state index contributed by atoms with van der Waals surface area (Å²) < 4.78 is 5.89. The molecule has 2 aromatic heterocycles. The maximum absolute atomic E-state index is 5.89. The van der Waals surface area contributed by atoms with Crippen LogP contribution in [0.1, 0.15) is 6.42 Å². The van der Waals surface area contributed by atoms with Gasteiger partial charge in [-0.1, -0.05) is 30.3 Å². The summed E-state index contributed by atoms with van der Waals surface area (Å²) >= 11 is 0. The molecule has 0 saturated heterocycles. The van der Waals surface area contributed by atoms with E-state index >= 15 is 0 Å². The van der Waals surface area contributed by atoms with E-state index in [4.69, 9.17) is 4.74 Å². The predicted molar refractivity (Wildman–Crippen MR) is 99.9 cm³/mol. The minimum atomic E-state index is 0.615. The summed E-state index contributed by atoms with van der Waals surface area (Å²) in [6, 6.07) is 17.8. The molecule has 124 valence electrons. The van der Waals surface area contributed by atoms with Gasteiger partial charge in [-0.3, -0.25) is 9.97 Å². The molecule has 0 radical (unpaired) electrons. The fraction of sp³-hybridized carbons (Fsp3) is 0.150. The Morgan fingerprint density at radius 1 is 0.880 bits per heavy atom. The van der Waals surface area contributed by atoms with Gasteiger partial charge in [-0.05, 0) is 30.7 Å². The van der Waals surface area contributed by atoms with Gasteiger partial charge in [0.05, 0.1) is 23.8 Å². The second kappa shape index (κ2) is 7.13. The molecule has 1 N–H and O–H groups in total. The summed E-state index contributed by atoms with van der Waals surface area (Å²) in [6.45, 7) is 1.38. The molecule has 0 aliphatic heterocycles. The van der Waals surface area contributed by atoms with Gasteiger partial charge in [0.1, 0.15) is 17.1 Å². The number of nitrogens with zero attached hydrogens (tertiary/aromatic N) is 3. The molecular weight excluding hydrogens is 312 g/mol. The second-order valence-corrected chi connectivity index (χ2v) is 5.70. The lowest BCUT2D eigenvalue weighted by molar-refractivity contribution is 0.318. The Labute approximate surface area is 145 Å². The highest BCUT2D eigenvalue weighted by molar-refractivity contribution is 5.84. The van der Waals surface area contributed by atoms with E-state index in [1.807, 2.05) is 54.6 Å². The van der Waals surface area contributed by atoms with Gasteiger partial charge < -0.3 is 10.1 Å². The third-order valence-corrected chi connectivity index (χ3v) is 3.93. The lowest BCUT2D eigenvalue weighted by Gasteiger charge is -2.09. The summed E-state index contributed by atoms with van der Waals surface area (Å²) in [5.74, 6) is 1.61. The first-order valence-electron chi connectivity index (χ1n) is 8.32.